The quantitative estimate of drug-likeness (QED) is 0.775. The summed E-state index contributed by atoms with van der Waals surface area (Å²) < 4.78 is 32.3. The summed E-state index contributed by atoms with van der Waals surface area (Å²) in [5.74, 6) is 1.65. The number of hydrogen-bond donors (Lipinski definition) is 1. The third-order valence-electron chi connectivity index (χ3n) is 4.27. The van der Waals surface area contributed by atoms with Crippen molar-refractivity contribution in [2.45, 2.75) is 36.7 Å². The molecule has 0 unspecified atom stereocenters. The minimum absolute atomic E-state index is 0.0189. The lowest BCUT2D eigenvalue weighted by molar-refractivity contribution is 0.0905. The molecule has 6 nitrogen and oxygen atoms in total. The number of thioether (sulfide) groups is 1. The van der Waals surface area contributed by atoms with Gasteiger partial charge in [0.25, 0.3) is 5.91 Å². The molecule has 1 atom stereocenters. The second kappa shape index (κ2) is 9.02. The Bertz CT molecular complexity index is 688. The number of nitrogens with one attached hydrogen (secondary N) is 1. The number of ether oxygens (including phenoxy) is 1. The lowest BCUT2D eigenvalue weighted by Crippen LogP contribution is -2.39. The van der Waals surface area contributed by atoms with Crippen LogP contribution in [0.25, 0.3) is 0 Å². The van der Waals surface area contributed by atoms with Crippen LogP contribution in [-0.4, -0.2) is 63.0 Å². The standard InChI is InChI=1S/C17H26N2O4S2/c1-13(12-23-3)18-17(20)14-5-4-6-16(11-14)25(21,22)19(2)15-7-9-24-10-8-15/h4-6,11,13,15H,7-10,12H2,1-3H3,(H,18,20)/t13-/m0/s1. The van der Waals surface area contributed by atoms with Gasteiger partial charge < -0.3 is 10.1 Å². The summed E-state index contributed by atoms with van der Waals surface area (Å²) in [6.45, 7) is 2.23. The third-order valence-corrected chi connectivity index (χ3v) is 7.23. The van der Waals surface area contributed by atoms with E-state index in [1.807, 2.05) is 18.7 Å². The molecule has 1 amide bonds. The molecule has 1 fully saturated rings. The van der Waals surface area contributed by atoms with Crippen molar-refractivity contribution in [2.24, 2.45) is 0 Å². The van der Waals surface area contributed by atoms with Gasteiger partial charge in [0.15, 0.2) is 0 Å². The highest BCUT2D eigenvalue weighted by Gasteiger charge is 2.29. The lowest BCUT2D eigenvalue weighted by atomic mass is 10.2. The normalized spacial score (nSPS) is 17.4. The molecule has 140 valence electrons. The van der Waals surface area contributed by atoms with E-state index in [2.05, 4.69) is 5.32 Å². The maximum atomic E-state index is 12.9. The summed E-state index contributed by atoms with van der Waals surface area (Å²) in [5.41, 5.74) is 0.330. The van der Waals surface area contributed by atoms with Crippen molar-refractivity contribution < 1.29 is 17.9 Å². The van der Waals surface area contributed by atoms with Gasteiger partial charge in [-0.05, 0) is 49.5 Å². The van der Waals surface area contributed by atoms with E-state index >= 15 is 0 Å². The maximum absolute atomic E-state index is 12.9. The first-order valence-corrected chi connectivity index (χ1v) is 10.9. The van der Waals surface area contributed by atoms with Gasteiger partial charge in [-0.1, -0.05) is 6.07 Å². The van der Waals surface area contributed by atoms with Crippen LogP contribution in [0.15, 0.2) is 29.2 Å². The third kappa shape index (κ3) is 5.20. The molecule has 1 aromatic carbocycles. The largest absolute Gasteiger partial charge is 0.383 e. The molecule has 0 bridgehead atoms. The number of amides is 1. The fourth-order valence-corrected chi connectivity index (χ4v) is 5.35. The number of sulfonamides is 1. The molecular weight excluding hydrogens is 360 g/mol. The zero-order chi connectivity index (χ0) is 18.4. The van der Waals surface area contributed by atoms with Crippen LogP contribution < -0.4 is 5.32 Å². The van der Waals surface area contributed by atoms with E-state index in [1.54, 1.807) is 32.4 Å². The van der Waals surface area contributed by atoms with Gasteiger partial charge in [-0.3, -0.25) is 4.79 Å². The molecule has 0 aromatic heterocycles. The maximum Gasteiger partial charge on any atom is 0.251 e. The first kappa shape index (κ1) is 20.2. The van der Waals surface area contributed by atoms with Crippen LogP contribution in [0.4, 0.5) is 0 Å². The van der Waals surface area contributed by atoms with E-state index < -0.39 is 10.0 Å². The summed E-state index contributed by atoms with van der Waals surface area (Å²) in [6.07, 6.45) is 1.71. The zero-order valence-corrected chi connectivity index (χ0v) is 16.5. The minimum Gasteiger partial charge on any atom is -0.383 e. The smallest absolute Gasteiger partial charge is 0.251 e. The second-order valence-corrected chi connectivity index (χ2v) is 9.44. The molecule has 0 aliphatic carbocycles. The number of benzene rings is 1. The van der Waals surface area contributed by atoms with Crippen LogP contribution >= 0.6 is 11.8 Å². The number of carbonyl (C=O) groups is 1. The summed E-state index contributed by atoms with van der Waals surface area (Å²) in [6, 6.07) is 6.07. The number of hydrogen-bond acceptors (Lipinski definition) is 5. The van der Waals surface area contributed by atoms with E-state index in [4.69, 9.17) is 4.74 Å². The van der Waals surface area contributed by atoms with Crippen molar-refractivity contribution in [2.75, 3.05) is 32.3 Å². The Morgan fingerprint density at radius 3 is 2.72 bits per heavy atom. The summed E-state index contributed by atoms with van der Waals surface area (Å²) >= 11 is 1.85. The van der Waals surface area contributed by atoms with Crippen molar-refractivity contribution in [1.29, 1.82) is 0 Å². The molecule has 1 heterocycles. The molecule has 1 aliphatic rings. The van der Waals surface area contributed by atoms with Gasteiger partial charge in [0, 0.05) is 31.8 Å². The monoisotopic (exact) mass is 386 g/mol. The van der Waals surface area contributed by atoms with Crippen molar-refractivity contribution in [3.63, 3.8) is 0 Å². The highest BCUT2D eigenvalue weighted by molar-refractivity contribution is 7.99. The molecule has 0 radical (unpaired) electrons. The van der Waals surface area contributed by atoms with Gasteiger partial charge in [-0.25, -0.2) is 8.42 Å². The van der Waals surface area contributed by atoms with E-state index in [0.717, 1.165) is 24.3 Å². The predicted octanol–water partition coefficient (Wildman–Crippen LogP) is 1.97. The molecule has 1 saturated heterocycles. The van der Waals surface area contributed by atoms with Gasteiger partial charge in [-0.15, -0.1) is 0 Å². The Balaban J connectivity index is 2.17. The summed E-state index contributed by atoms with van der Waals surface area (Å²) in [7, 11) is -0.421. The van der Waals surface area contributed by atoms with Crippen LogP contribution in [0.2, 0.25) is 0 Å². The summed E-state index contributed by atoms with van der Waals surface area (Å²) in [5, 5.41) is 2.79. The topological polar surface area (TPSA) is 75.7 Å². The Morgan fingerprint density at radius 2 is 2.08 bits per heavy atom. The fraction of sp³-hybridized carbons (Fsp3) is 0.588. The van der Waals surface area contributed by atoms with Crippen LogP contribution in [0, 0.1) is 0 Å². The van der Waals surface area contributed by atoms with Crippen molar-refractivity contribution >= 4 is 27.7 Å². The van der Waals surface area contributed by atoms with E-state index in [-0.39, 0.29) is 22.9 Å². The number of nitrogens with zero attached hydrogens (tertiary/aromatic N) is 1. The van der Waals surface area contributed by atoms with Gasteiger partial charge in [0.1, 0.15) is 0 Å². The van der Waals surface area contributed by atoms with E-state index in [9.17, 15) is 13.2 Å². The lowest BCUT2D eigenvalue weighted by Gasteiger charge is -2.30. The zero-order valence-electron chi connectivity index (χ0n) is 14.9. The molecule has 0 saturated carbocycles. The van der Waals surface area contributed by atoms with Gasteiger partial charge in [-0.2, -0.15) is 16.1 Å². The first-order valence-electron chi connectivity index (χ1n) is 8.32. The number of methoxy groups -OCH3 is 1. The van der Waals surface area contributed by atoms with Crippen molar-refractivity contribution in [3.05, 3.63) is 29.8 Å². The highest BCUT2D eigenvalue weighted by atomic mass is 32.2. The minimum atomic E-state index is -3.61. The highest BCUT2D eigenvalue weighted by Crippen LogP contribution is 2.26. The molecule has 1 aromatic rings. The molecule has 8 heteroatoms. The summed E-state index contributed by atoms with van der Waals surface area (Å²) in [4.78, 5) is 12.5. The Hall–Kier alpha value is -1.09. The average molecular weight is 387 g/mol. The molecule has 1 aliphatic heterocycles. The van der Waals surface area contributed by atoms with Crippen molar-refractivity contribution in [3.8, 4) is 0 Å². The Kier molecular flexibility index (Phi) is 7.30. The van der Waals surface area contributed by atoms with Crippen LogP contribution in [0.1, 0.15) is 30.1 Å². The Morgan fingerprint density at radius 1 is 1.40 bits per heavy atom. The Labute approximate surface area is 154 Å². The molecular formula is C17H26N2O4S2. The molecule has 1 N–H and O–H groups in total. The first-order chi connectivity index (χ1) is 11.9. The van der Waals surface area contributed by atoms with Crippen LogP contribution in [-0.2, 0) is 14.8 Å². The molecule has 25 heavy (non-hydrogen) atoms. The van der Waals surface area contributed by atoms with Gasteiger partial charge in [0.2, 0.25) is 10.0 Å². The van der Waals surface area contributed by atoms with Crippen LogP contribution in [0.3, 0.4) is 0 Å². The molecule has 0 spiro atoms. The van der Waals surface area contributed by atoms with Crippen LogP contribution in [0.5, 0.6) is 0 Å². The number of carbonyl (C=O) groups excluding carboxylic acids is 1. The van der Waals surface area contributed by atoms with E-state index in [1.165, 1.54) is 10.4 Å². The SMILES string of the molecule is COC[C@H](C)NC(=O)c1cccc(S(=O)(=O)N(C)C2CCSCC2)c1. The van der Waals surface area contributed by atoms with Gasteiger partial charge in [0.05, 0.1) is 11.5 Å². The second-order valence-electron chi connectivity index (χ2n) is 6.22. The number of rotatable bonds is 7. The van der Waals surface area contributed by atoms with Crippen molar-refractivity contribution in [1.82, 2.24) is 9.62 Å². The van der Waals surface area contributed by atoms with Gasteiger partial charge >= 0.3 is 0 Å². The fourth-order valence-electron chi connectivity index (χ4n) is 2.81. The average Bonchev–Trinajstić information content (AvgIpc) is 2.62. The predicted molar refractivity (Wildman–Crippen MR) is 101 cm³/mol. The van der Waals surface area contributed by atoms with E-state index in [0.29, 0.717) is 12.2 Å². The molecule has 2 rings (SSSR count).